The number of carbonyl (C=O) groups excluding carboxylic acids is 1. The van der Waals surface area contributed by atoms with Crippen LogP contribution in [-0.4, -0.2) is 29.7 Å². The summed E-state index contributed by atoms with van der Waals surface area (Å²) < 4.78 is 0. The normalized spacial score (nSPS) is 29.7. The standard InChI is InChI=1S/C12H20N2O3/c1-8-2-3-9(6-8)14-11(17)13-7-12(4-5-12)10(15)16/h8-9H,2-7H2,1H3,(H,15,16)(H2,13,14,17). The van der Waals surface area contributed by atoms with Crippen LogP contribution < -0.4 is 10.6 Å². The van der Waals surface area contributed by atoms with Crippen molar-refractivity contribution in [3.63, 3.8) is 0 Å². The molecule has 5 nitrogen and oxygen atoms in total. The molecule has 0 bridgehead atoms. The van der Waals surface area contributed by atoms with Crippen LogP contribution in [0.15, 0.2) is 0 Å². The maximum atomic E-state index is 11.6. The zero-order valence-electron chi connectivity index (χ0n) is 10.2. The fraction of sp³-hybridized carbons (Fsp3) is 0.833. The molecule has 2 amide bonds. The van der Waals surface area contributed by atoms with Gasteiger partial charge in [0.1, 0.15) is 0 Å². The molecule has 0 saturated heterocycles. The second-order valence-electron chi connectivity index (χ2n) is 5.53. The van der Waals surface area contributed by atoms with Gasteiger partial charge in [-0.15, -0.1) is 0 Å². The summed E-state index contributed by atoms with van der Waals surface area (Å²) in [7, 11) is 0. The van der Waals surface area contributed by atoms with Crippen LogP contribution in [0.1, 0.15) is 39.0 Å². The maximum Gasteiger partial charge on any atom is 0.315 e. The van der Waals surface area contributed by atoms with E-state index < -0.39 is 11.4 Å². The highest BCUT2D eigenvalue weighted by Crippen LogP contribution is 2.45. The predicted octanol–water partition coefficient (Wildman–Crippen LogP) is 1.34. The molecule has 2 aliphatic carbocycles. The van der Waals surface area contributed by atoms with Gasteiger partial charge in [-0.3, -0.25) is 4.79 Å². The van der Waals surface area contributed by atoms with Crippen LogP contribution in [0.2, 0.25) is 0 Å². The number of hydrogen-bond acceptors (Lipinski definition) is 2. The third-order valence-electron chi connectivity index (χ3n) is 3.92. The molecule has 2 fully saturated rings. The van der Waals surface area contributed by atoms with Gasteiger partial charge in [0.05, 0.1) is 5.41 Å². The lowest BCUT2D eigenvalue weighted by atomic mass is 10.1. The molecular formula is C12H20N2O3. The average molecular weight is 240 g/mol. The Hall–Kier alpha value is -1.26. The van der Waals surface area contributed by atoms with Gasteiger partial charge in [-0.05, 0) is 38.0 Å². The number of carbonyl (C=O) groups is 2. The van der Waals surface area contributed by atoms with Crippen molar-refractivity contribution >= 4 is 12.0 Å². The maximum absolute atomic E-state index is 11.6. The topological polar surface area (TPSA) is 78.4 Å². The highest BCUT2D eigenvalue weighted by Gasteiger charge is 2.50. The van der Waals surface area contributed by atoms with Crippen LogP contribution in [0, 0.1) is 11.3 Å². The summed E-state index contributed by atoms with van der Waals surface area (Å²) in [6.45, 7) is 2.43. The molecule has 0 aromatic heterocycles. The Bertz CT molecular complexity index is 326. The summed E-state index contributed by atoms with van der Waals surface area (Å²) in [4.78, 5) is 22.5. The van der Waals surface area contributed by atoms with Gasteiger partial charge >= 0.3 is 12.0 Å². The number of carboxylic acids is 1. The smallest absolute Gasteiger partial charge is 0.315 e. The van der Waals surface area contributed by atoms with E-state index in [1.165, 1.54) is 0 Å². The van der Waals surface area contributed by atoms with Crippen molar-refractivity contribution in [2.24, 2.45) is 11.3 Å². The molecule has 2 rings (SSSR count). The van der Waals surface area contributed by atoms with Gasteiger partial charge in [-0.1, -0.05) is 6.92 Å². The van der Waals surface area contributed by atoms with Gasteiger partial charge in [-0.2, -0.15) is 0 Å². The lowest BCUT2D eigenvalue weighted by molar-refractivity contribution is -0.143. The number of hydrogen-bond donors (Lipinski definition) is 3. The van der Waals surface area contributed by atoms with Crippen molar-refractivity contribution in [2.75, 3.05) is 6.54 Å². The summed E-state index contributed by atoms with van der Waals surface area (Å²) >= 11 is 0. The minimum atomic E-state index is -0.799. The Labute approximate surface area is 101 Å². The lowest BCUT2D eigenvalue weighted by Gasteiger charge is -2.15. The minimum Gasteiger partial charge on any atom is -0.481 e. The van der Waals surface area contributed by atoms with E-state index in [0.717, 1.165) is 19.3 Å². The van der Waals surface area contributed by atoms with E-state index in [0.29, 0.717) is 18.8 Å². The van der Waals surface area contributed by atoms with Crippen molar-refractivity contribution in [2.45, 2.75) is 45.1 Å². The molecule has 2 aliphatic rings. The molecule has 0 spiro atoms. The first kappa shape index (κ1) is 12.2. The van der Waals surface area contributed by atoms with E-state index in [-0.39, 0.29) is 18.6 Å². The van der Waals surface area contributed by atoms with Crippen LogP contribution in [-0.2, 0) is 4.79 Å². The van der Waals surface area contributed by atoms with Gasteiger partial charge in [0.15, 0.2) is 0 Å². The highest BCUT2D eigenvalue weighted by molar-refractivity contribution is 5.80. The molecule has 0 aromatic rings. The Kier molecular flexibility index (Phi) is 3.26. The molecule has 2 atom stereocenters. The van der Waals surface area contributed by atoms with Crippen LogP contribution in [0.25, 0.3) is 0 Å². The van der Waals surface area contributed by atoms with Gasteiger partial charge in [-0.25, -0.2) is 4.79 Å². The summed E-state index contributed by atoms with van der Waals surface area (Å²) in [6, 6.07) is 0.0293. The van der Waals surface area contributed by atoms with E-state index in [1.54, 1.807) is 0 Å². The Morgan fingerprint density at radius 2 is 2.06 bits per heavy atom. The fourth-order valence-corrected chi connectivity index (χ4v) is 2.44. The van der Waals surface area contributed by atoms with Crippen molar-refractivity contribution in [1.82, 2.24) is 10.6 Å². The third-order valence-corrected chi connectivity index (χ3v) is 3.92. The fourth-order valence-electron chi connectivity index (χ4n) is 2.44. The first-order valence-corrected chi connectivity index (χ1v) is 6.30. The molecule has 17 heavy (non-hydrogen) atoms. The van der Waals surface area contributed by atoms with E-state index in [1.807, 2.05) is 0 Å². The largest absolute Gasteiger partial charge is 0.481 e. The first-order chi connectivity index (χ1) is 8.02. The van der Waals surface area contributed by atoms with Crippen LogP contribution in [0.5, 0.6) is 0 Å². The number of urea groups is 1. The summed E-state index contributed by atoms with van der Waals surface area (Å²) in [5.41, 5.74) is -0.680. The zero-order valence-corrected chi connectivity index (χ0v) is 10.2. The zero-order chi connectivity index (χ0) is 12.5. The molecule has 2 unspecified atom stereocenters. The van der Waals surface area contributed by atoms with Crippen LogP contribution in [0.3, 0.4) is 0 Å². The van der Waals surface area contributed by atoms with Gasteiger partial charge in [0, 0.05) is 12.6 Å². The van der Waals surface area contributed by atoms with Crippen LogP contribution in [0.4, 0.5) is 4.79 Å². The van der Waals surface area contributed by atoms with Gasteiger partial charge in [0.2, 0.25) is 0 Å². The molecule has 0 radical (unpaired) electrons. The Morgan fingerprint density at radius 3 is 2.53 bits per heavy atom. The predicted molar refractivity (Wildman–Crippen MR) is 62.6 cm³/mol. The summed E-state index contributed by atoms with van der Waals surface area (Å²) in [5, 5.41) is 14.5. The summed E-state index contributed by atoms with van der Waals surface area (Å²) in [5.74, 6) is -0.124. The summed E-state index contributed by atoms with van der Waals surface area (Å²) in [6.07, 6.45) is 4.55. The van der Waals surface area contributed by atoms with E-state index in [9.17, 15) is 9.59 Å². The van der Waals surface area contributed by atoms with Crippen molar-refractivity contribution < 1.29 is 14.7 Å². The lowest BCUT2D eigenvalue weighted by Crippen LogP contribution is -2.44. The molecular weight excluding hydrogens is 220 g/mol. The number of nitrogens with one attached hydrogen (secondary N) is 2. The van der Waals surface area contributed by atoms with Crippen molar-refractivity contribution in [3.8, 4) is 0 Å². The van der Waals surface area contributed by atoms with Crippen molar-refractivity contribution in [1.29, 1.82) is 0 Å². The van der Waals surface area contributed by atoms with E-state index in [2.05, 4.69) is 17.6 Å². The number of amides is 2. The van der Waals surface area contributed by atoms with Crippen molar-refractivity contribution in [3.05, 3.63) is 0 Å². The number of rotatable bonds is 4. The molecule has 5 heteroatoms. The highest BCUT2D eigenvalue weighted by atomic mass is 16.4. The van der Waals surface area contributed by atoms with E-state index in [4.69, 9.17) is 5.11 Å². The SMILES string of the molecule is CC1CCC(NC(=O)NCC2(C(=O)O)CC2)C1. The Morgan fingerprint density at radius 1 is 1.35 bits per heavy atom. The molecule has 96 valence electrons. The molecule has 0 heterocycles. The monoisotopic (exact) mass is 240 g/mol. The van der Waals surface area contributed by atoms with Gasteiger partial charge < -0.3 is 15.7 Å². The minimum absolute atomic E-state index is 0.225. The number of aliphatic carboxylic acids is 1. The molecule has 0 aliphatic heterocycles. The van der Waals surface area contributed by atoms with Gasteiger partial charge in [0.25, 0.3) is 0 Å². The number of carboxylic acid groups (broad SMARTS) is 1. The third kappa shape index (κ3) is 2.90. The molecule has 3 N–H and O–H groups in total. The second kappa shape index (κ2) is 4.55. The average Bonchev–Trinajstić information content (AvgIpc) is 2.96. The van der Waals surface area contributed by atoms with E-state index >= 15 is 0 Å². The van der Waals surface area contributed by atoms with Crippen LogP contribution >= 0.6 is 0 Å². The first-order valence-electron chi connectivity index (χ1n) is 6.30. The quantitative estimate of drug-likeness (QED) is 0.694. The second-order valence-corrected chi connectivity index (χ2v) is 5.53. The molecule has 0 aromatic carbocycles. The Balaban J connectivity index is 1.69. The molecule has 2 saturated carbocycles.